The normalized spacial score (nSPS) is 13.1. The van der Waals surface area contributed by atoms with Crippen LogP contribution in [0.2, 0.25) is 0 Å². The zero-order valence-electron chi connectivity index (χ0n) is 11.5. The number of hydrogen-bond donors (Lipinski definition) is 3. The van der Waals surface area contributed by atoms with Gasteiger partial charge in [0.05, 0.1) is 18.0 Å². The summed E-state index contributed by atoms with van der Waals surface area (Å²) in [6.45, 7) is 6.29. The molecule has 2 heterocycles. The summed E-state index contributed by atoms with van der Waals surface area (Å²) in [7, 11) is 0. The molecule has 104 valence electrons. The lowest BCUT2D eigenvalue weighted by molar-refractivity contribution is 0.249. The molecule has 2 rings (SSSR count). The molecule has 19 heavy (non-hydrogen) atoms. The van der Waals surface area contributed by atoms with Gasteiger partial charge in [-0.05, 0) is 18.4 Å². The van der Waals surface area contributed by atoms with Crippen molar-refractivity contribution in [3.63, 3.8) is 0 Å². The van der Waals surface area contributed by atoms with E-state index in [2.05, 4.69) is 42.1 Å². The molecular formula is C13H20N4OS. The molecule has 0 saturated heterocycles. The molecule has 0 spiro atoms. The minimum absolute atomic E-state index is 0.0394. The number of aryl methyl sites for hydroxylation is 1. The fraction of sp³-hybridized carbons (Fsp3) is 0.538. The van der Waals surface area contributed by atoms with Gasteiger partial charge in [0.1, 0.15) is 10.6 Å². The number of thiophene rings is 1. The highest BCUT2D eigenvalue weighted by molar-refractivity contribution is 7.18. The maximum atomic E-state index is 9.42. The highest BCUT2D eigenvalue weighted by Crippen LogP contribution is 2.30. The van der Waals surface area contributed by atoms with Crippen molar-refractivity contribution >= 4 is 33.3 Å². The first kappa shape index (κ1) is 14.0. The number of rotatable bonds is 5. The van der Waals surface area contributed by atoms with Crippen molar-refractivity contribution in [2.45, 2.75) is 33.2 Å². The largest absolute Gasteiger partial charge is 0.394 e. The fourth-order valence-corrected chi connectivity index (χ4v) is 2.85. The van der Waals surface area contributed by atoms with E-state index >= 15 is 0 Å². The molecule has 4 N–H and O–H groups in total. The Hall–Kier alpha value is -1.40. The van der Waals surface area contributed by atoms with Gasteiger partial charge < -0.3 is 16.2 Å². The molecule has 0 radical (unpaired) electrons. The highest BCUT2D eigenvalue weighted by Gasteiger charge is 2.16. The SMILES string of the molecule is CCc1cc2c(NC(CO)C(C)C)nc(N)nc2s1. The molecule has 0 aromatic carbocycles. The minimum Gasteiger partial charge on any atom is -0.394 e. The predicted octanol–water partition coefficient (Wildman–Crippen LogP) is 2.26. The van der Waals surface area contributed by atoms with E-state index in [0.29, 0.717) is 11.7 Å². The molecule has 0 aliphatic rings. The number of nitrogens with two attached hydrogens (primary N) is 1. The molecule has 6 heteroatoms. The van der Waals surface area contributed by atoms with Crippen molar-refractivity contribution in [1.82, 2.24) is 9.97 Å². The summed E-state index contributed by atoms with van der Waals surface area (Å²) in [5.41, 5.74) is 5.75. The molecule has 2 aromatic heterocycles. The average Bonchev–Trinajstić information content (AvgIpc) is 2.78. The zero-order valence-corrected chi connectivity index (χ0v) is 12.3. The number of nitrogen functional groups attached to an aromatic ring is 1. The summed E-state index contributed by atoms with van der Waals surface area (Å²) < 4.78 is 0. The van der Waals surface area contributed by atoms with Crippen molar-refractivity contribution < 1.29 is 5.11 Å². The van der Waals surface area contributed by atoms with Gasteiger partial charge in [-0.1, -0.05) is 20.8 Å². The highest BCUT2D eigenvalue weighted by atomic mass is 32.1. The maximum Gasteiger partial charge on any atom is 0.223 e. The number of fused-ring (bicyclic) bond motifs is 1. The maximum absolute atomic E-state index is 9.42. The molecule has 0 saturated carbocycles. The Balaban J connectivity index is 2.43. The summed E-state index contributed by atoms with van der Waals surface area (Å²) >= 11 is 1.64. The van der Waals surface area contributed by atoms with Crippen LogP contribution in [0.4, 0.5) is 11.8 Å². The Morgan fingerprint density at radius 2 is 2.16 bits per heavy atom. The van der Waals surface area contributed by atoms with E-state index in [0.717, 1.165) is 16.6 Å². The molecule has 1 atom stereocenters. The Morgan fingerprint density at radius 3 is 2.74 bits per heavy atom. The molecule has 0 aliphatic heterocycles. The van der Waals surface area contributed by atoms with Crippen LogP contribution in [-0.4, -0.2) is 27.7 Å². The number of aromatic nitrogens is 2. The van der Waals surface area contributed by atoms with Crippen LogP contribution in [0, 0.1) is 5.92 Å². The molecular weight excluding hydrogens is 260 g/mol. The van der Waals surface area contributed by atoms with Gasteiger partial charge in [-0.15, -0.1) is 11.3 Å². The average molecular weight is 280 g/mol. The second kappa shape index (κ2) is 5.71. The van der Waals surface area contributed by atoms with E-state index in [1.807, 2.05) is 0 Å². The monoisotopic (exact) mass is 280 g/mol. The predicted molar refractivity (Wildman–Crippen MR) is 80.5 cm³/mol. The summed E-state index contributed by atoms with van der Waals surface area (Å²) in [4.78, 5) is 10.7. The topological polar surface area (TPSA) is 84.1 Å². The van der Waals surface area contributed by atoms with Gasteiger partial charge in [0.25, 0.3) is 0 Å². The summed E-state index contributed by atoms with van der Waals surface area (Å²) in [5.74, 6) is 1.28. The van der Waals surface area contributed by atoms with Crippen molar-refractivity contribution in [2.24, 2.45) is 5.92 Å². The molecule has 5 nitrogen and oxygen atoms in total. The fourth-order valence-electron chi connectivity index (χ4n) is 1.87. The molecule has 0 bridgehead atoms. The Labute approximate surface area is 116 Å². The first-order valence-electron chi connectivity index (χ1n) is 6.48. The summed E-state index contributed by atoms with van der Waals surface area (Å²) in [6.07, 6.45) is 0.966. The van der Waals surface area contributed by atoms with Crippen LogP contribution in [0.25, 0.3) is 10.2 Å². The second-order valence-electron chi connectivity index (χ2n) is 4.89. The number of nitrogens with one attached hydrogen (secondary N) is 1. The van der Waals surface area contributed by atoms with Gasteiger partial charge in [0.2, 0.25) is 5.95 Å². The van der Waals surface area contributed by atoms with Gasteiger partial charge in [-0.3, -0.25) is 0 Å². The lowest BCUT2D eigenvalue weighted by Crippen LogP contribution is -2.30. The van der Waals surface area contributed by atoms with E-state index in [4.69, 9.17) is 5.73 Å². The molecule has 1 unspecified atom stereocenters. The van der Waals surface area contributed by atoms with Gasteiger partial charge in [0.15, 0.2) is 0 Å². The minimum atomic E-state index is -0.0394. The first-order valence-corrected chi connectivity index (χ1v) is 7.30. The number of aliphatic hydroxyl groups is 1. The van der Waals surface area contributed by atoms with Crippen LogP contribution in [-0.2, 0) is 6.42 Å². The third-order valence-corrected chi connectivity index (χ3v) is 4.31. The third-order valence-electron chi connectivity index (χ3n) is 3.13. The standard InChI is InChI=1S/C13H20N4OS/c1-4-8-5-9-11(15-10(6-18)7(2)3)16-13(14)17-12(9)19-8/h5,7,10,18H,4,6H2,1-3H3,(H3,14,15,16,17). The molecule has 0 fully saturated rings. The van der Waals surface area contributed by atoms with Crippen LogP contribution in [0.1, 0.15) is 25.6 Å². The number of hydrogen-bond acceptors (Lipinski definition) is 6. The number of anilines is 2. The van der Waals surface area contributed by atoms with E-state index in [1.54, 1.807) is 11.3 Å². The van der Waals surface area contributed by atoms with E-state index < -0.39 is 0 Å². The van der Waals surface area contributed by atoms with Gasteiger partial charge in [-0.25, -0.2) is 4.98 Å². The smallest absolute Gasteiger partial charge is 0.223 e. The first-order chi connectivity index (χ1) is 9.05. The zero-order chi connectivity index (χ0) is 14.0. The molecule has 2 aromatic rings. The Morgan fingerprint density at radius 1 is 1.42 bits per heavy atom. The summed E-state index contributed by atoms with van der Waals surface area (Å²) in [5, 5.41) is 13.7. The molecule has 0 amide bonds. The van der Waals surface area contributed by atoms with Gasteiger partial charge >= 0.3 is 0 Å². The lowest BCUT2D eigenvalue weighted by atomic mass is 10.1. The lowest BCUT2D eigenvalue weighted by Gasteiger charge is -2.20. The van der Waals surface area contributed by atoms with E-state index in [1.165, 1.54) is 4.88 Å². The van der Waals surface area contributed by atoms with Crippen LogP contribution in [0.5, 0.6) is 0 Å². The van der Waals surface area contributed by atoms with Crippen molar-refractivity contribution in [3.05, 3.63) is 10.9 Å². The molecule has 0 aliphatic carbocycles. The van der Waals surface area contributed by atoms with Crippen molar-refractivity contribution in [2.75, 3.05) is 17.7 Å². The van der Waals surface area contributed by atoms with E-state index in [9.17, 15) is 5.11 Å². The van der Waals surface area contributed by atoms with Crippen molar-refractivity contribution in [1.29, 1.82) is 0 Å². The quantitative estimate of drug-likeness (QED) is 0.782. The number of nitrogens with zero attached hydrogens (tertiary/aromatic N) is 2. The second-order valence-corrected chi connectivity index (χ2v) is 6.01. The Kier molecular flexibility index (Phi) is 4.21. The third kappa shape index (κ3) is 2.96. The Bertz CT molecular complexity index is 567. The van der Waals surface area contributed by atoms with Crippen LogP contribution in [0.15, 0.2) is 6.07 Å². The number of aliphatic hydroxyl groups excluding tert-OH is 1. The van der Waals surface area contributed by atoms with Crippen LogP contribution < -0.4 is 11.1 Å². The van der Waals surface area contributed by atoms with Crippen molar-refractivity contribution in [3.8, 4) is 0 Å². The summed E-state index contributed by atoms with van der Waals surface area (Å²) in [6, 6.07) is 2.05. The van der Waals surface area contributed by atoms with Crippen LogP contribution in [0.3, 0.4) is 0 Å². The van der Waals surface area contributed by atoms with Gasteiger partial charge in [-0.2, -0.15) is 4.98 Å². The van der Waals surface area contributed by atoms with Crippen LogP contribution >= 0.6 is 11.3 Å². The van der Waals surface area contributed by atoms with E-state index in [-0.39, 0.29) is 18.6 Å². The van der Waals surface area contributed by atoms with Gasteiger partial charge in [0, 0.05) is 4.88 Å².